The molecule has 1 aliphatic carbocycles. The summed E-state index contributed by atoms with van der Waals surface area (Å²) in [5, 5.41) is 6.02. The van der Waals surface area contributed by atoms with Gasteiger partial charge in [0, 0.05) is 21.9 Å². The van der Waals surface area contributed by atoms with Gasteiger partial charge in [0.15, 0.2) is 0 Å². The molecule has 6 nitrogen and oxygen atoms in total. The van der Waals surface area contributed by atoms with E-state index in [9.17, 15) is 14.4 Å². The van der Waals surface area contributed by atoms with E-state index in [1.165, 1.54) is 30.2 Å². The average Bonchev–Trinajstić information content (AvgIpc) is 3.27. The van der Waals surface area contributed by atoms with Crippen LogP contribution in [0.2, 0.25) is 0 Å². The third kappa shape index (κ3) is 6.85. The molecular formula is C30H34N2O4S2. The number of anilines is 2. The molecule has 0 bridgehead atoms. The number of ether oxygens (including phenoxy) is 1. The highest BCUT2D eigenvalue weighted by Gasteiger charge is 2.31. The van der Waals surface area contributed by atoms with Crippen LogP contribution in [-0.2, 0) is 27.2 Å². The highest BCUT2D eigenvalue weighted by Crippen LogP contribution is 2.42. The number of thiophene rings is 1. The molecule has 0 aliphatic heterocycles. The molecule has 0 saturated carbocycles. The monoisotopic (exact) mass is 550 g/mol. The van der Waals surface area contributed by atoms with Gasteiger partial charge in [-0.3, -0.25) is 9.59 Å². The van der Waals surface area contributed by atoms with E-state index >= 15 is 0 Å². The van der Waals surface area contributed by atoms with Crippen molar-refractivity contribution >= 4 is 51.6 Å². The molecule has 200 valence electrons. The van der Waals surface area contributed by atoms with Crippen LogP contribution in [0.3, 0.4) is 0 Å². The van der Waals surface area contributed by atoms with Gasteiger partial charge in [-0.25, -0.2) is 4.79 Å². The number of benzene rings is 2. The van der Waals surface area contributed by atoms with Crippen LogP contribution < -0.4 is 10.6 Å². The van der Waals surface area contributed by atoms with Crippen molar-refractivity contribution in [2.75, 3.05) is 17.7 Å². The van der Waals surface area contributed by atoms with Crippen molar-refractivity contribution < 1.29 is 19.1 Å². The maximum atomic E-state index is 13.8. The Morgan fingerprint density at radius 2 is 1.89 bits per heavy atom. The zero-order chi connectivity index (χ0) is 27.1. The van der Waals surface area contributed by atoms with Crippen molar-refractivity contribution in [3.63, 3.8) is 0 Å². The van der Waals surface area contributed by atoms with Crippen molar-refractivity contribution in [1.29, 1.82) is 0 Å². The van der Waals surface area contributed by atoms with Gasteiger partial charge in [0.2, 0.25) is 11.8 Å². The fraction of sp³-hybridized carbons (Fsp3) is 0.367. The Morgan fingerprint density at radius 3 is 2.63 bits per heavy atom. The molecule has 2 atom stereocenters. The van der Waals surface area contributed by atoms with Crippen LogP contribution in [-0.4, -0.2) is 24.9 Å². The molecule has 1 aromatic heterocycles. The Hall–Kier alpha value is -3.10. The van der Waals surface area contributed by atoms with Crippen molar-refractivity contribution in [3.8, 4) is 0 Å². The second kappa shape index (κ2) is 13.1. The Kier molecular flexibility index (Phi) is 9.63. The fourth-order valence-corrected chi connectivity index (χ4v) is 7.06. The van der Waals surface area contributed by atoms with Crippen LogP contribution in [0.4, 0.5) is 10.7 Å². The van der Waals surface area contributed by atoms with E-state index in [0.717, 1.165) is 53.0 Å². The molecule has 2 aromatic carbocycles. The molecular weight excluding hydrogens is 516 g/mol. The smallest absolute Gasteiger partial charge is 0.341 e. The number of amides is 2. The molecule has 2 N–H and O–H groups in total. The summed E-state index contributed by atoms with van der Waals surface area (Å²) >= 11 is 2.89. The number of hydrogen-bond donors (Lipinski definition) is 2. The zero-order valence-electron chi connectivity index (χ0n) is 22.0. The second-order valence-electron chi connectivity index (χ2n) is 9.62. The lowest BCUT2D eigenvalue weighted by molar-refractivity contribution is -0.116. The van der Waals surface area contributed by atoms with Gasteiger partial charge in [0.25, 0.3) is 0 Å². The summed E-state index contributed by atoms with van der Waals surface area (Å²) in [6.45, 7) is 4.26. The summed E-state index contributed by atoms with van der Waals surface area (Å²) in [6.07, 6.45) is 4.99. The van der Waals surface area contributed by atoms with Gasteiger partial charge >= 0.3 is 5.97 Å². The predicted octanol–water partition coefficient (Wildman–Crippen LogP) is 7.26. The lowest BCUT2D eigenvalue weighted by atomic mass is 9.88. The molecule has 4 rings (SSSR count). The number of thioether (sulfide) groups is 1. The molecule has 8 heteroatoms. The number of nitrogens with one attached hydrogen (secondary N) is 2. The number of esters is 1. The maximum absolute atomic E-state index is 13.8. The third-order valence-corrected chi connectivity index (χ3v) is 9.03. The van der Waals surface area contributed by atoms with Crippen LogP contribution in [0.1, 0.15) is 71.1 Å². The van der Waals surface area contributed by atoms with Gasteiger partial charge in [-0.05, 0) is 60.9 Å². The number of carbonyl (C=O) groups is 3. The maximum Gasteiger partial charge on any atom is 0.341 e. The summed E-state index contributed by atoms with van der Waals surface area (Å²) < 4.78 is 5.10. The third-order valence-electron chi connectivity index (χ3n) is 6.61. The van der Waals surface area contributed by atoms with Gasteiger partial charge in [0.05, 0.1) is 12.7 Å². The Bertz CT molecular complexity index is 1290. The summed E-state index contributed by atoms with van der Waals surface area (Å²) in [4.78, 5) is 40.8. The van der Waals surface area contributed by atoms with Gasteiger partial charge in [-0.2, -0.15) is 0 Å². The summed E-state index contributed by atoms with van der Waals surface area (Å²) in [6, 6.07) is 17.1. The van der Waals surface area contributed by atoms with Gasteiger partial charge < -0.3 is 15.4 Å². The first-order valence-electron chi connectivity index (χ1n) is 13.0. The zero-order valence-corrected chi connectivity index (χ0v) is 23.7. The number of carbonyl (C=O) groups excluding carboxylic acids is 3. The molecule has 2 unspecified atom stereocenters. The molecule has 2 amide bonds. The summed E-state index contributed by atoms with van der Waals surface area (Å²) in [7, 11) is 1.38. The quantitative estimate of drug-likeness (QED) is 0.205. The van der Waals surface area contributed by atoms with E-state index in [1.807, 2.05) is 54.6 Å². The average molecular weight is 551 g/mol. The van der Waals surface area contributed by atoms with Crippen LogP contribution in [0.5, 0.6) is 0 Å². The largest absolute Gasteiger partial charge is 0.465 e. The van der Waals surface area contributed by atoms with Crippen molar-refractivity contribution in [2.24, 2.45) is 5.92 Å². The fourth-order valence-electron chi connectivity index (χ4n) is 4.58. The summed E-state index contributed by atoms with van der Waals surface area (Å²) in [5.41, 5.74) is 3.05. The molecule has 1 heterocycles. The second-order valence-corrected chi connectivity index (χ2v) is 11.9. The van der Waals surface area contributed by atoms with Crippen LogP contribution in [0.25, 0.3) is 0 Å². The van der Waals surface area contributed by atoms with Crippen LogP contribution >= 0.6 is 23.1 Å². The van der Waals surface area contributed by atoms with E-state index in [1.54, 1.807) is 0 Å². The van der Waals surface area contributed by atoms with Crippen LogP contribution in [0.15, 0.2) is 59.5 Å². The number of unbranched alkanes of at least 4 members (excludes halogenated alkanes) is 1. The number of rotatable bonds is 10. The SMILES string of the molecule is CCCCC(=O)Nc1cccc(SC(C(=O)Nc2sc3c(c2C(=O)OC)CCC(C)C3)c2ccccc2)c1. The Labute approximate surface area is 232 Å². The molecule has 3 aromatic rings. The number of methoxy groups -OCH3 is 1. The van der Waals surface area contributed by atoms with Crippen molar-refractivity contribution in [1.82, 2.24) is 0 Å². The first-order chi connectivity index (χ1) is 18.4. The molecule has 0 fully saturated rings. The number of fused-ring (bicyclic) bond motifs is 1. The molecule has 38 heavy (non-hydrogen) atoms. The highest BCUT2D eigenvalue weighted by atomic mass is 32.2. The van der Waals surface area contributed by atoms with E-state index in [4.69, 9.17) is 4.74 Å². The van der Waals surface area contributed by atoms with E-state index in [2.05, 4.69) is 24.5 Å². The minimum Gasteiger partial charge on any atom is -0.465 e. The highest BCUT2D eigenvalue weighted by molar-refractivity contribution is 8.00. The van der Waals surface area contributed by atoms with E-state index < -0.39 is 11.2 Å². The van der Waals surface area contributed by atoms with Gasteiger partial charge in [-0.1, -0.05) is 56.7 Å². The standard InChI is InChI=1S/C30H34N2O4S2/c1-4-5-14-25(33)31-21-12-9-13-22(18-21)37-27(20-10-7-6-8-11-20)28(34)32-29-26(30(35)36-3)23-16-15-19(2)17-24(23)38-29/h6-13,18-19,27H,4-5,14-17H2,1-3H3,(H,31,33)(H,32,34). The molecule has 0 radical (unpaired) electrons. The molecule has 0 spiro atoms. The first-order valence-corrected chi connectivity index (χ1v) is 14.7. The van der Waals surface area contributed by atoms with Crippen molar-refractivity contribution in [3.05, 3.63) is 76.2 Å². The van der Waals surface area contributed by atoms with E-state index in [-0.39, 0.29) is 11.8 Å². The topological polar surface area (TPSA) is 84.5 Å². The first kappa shape index (κ1) is 27.9. The number of hydrogen-bond acceptors (Lipinski definition) is 6. The minimum absolute atomic E-state index is 0.0160. The predicted molar refractivity (Wildman–Crippen MR) is 155 cm³/mol. The van der Waals surface area contributed by atoms with Crippen molar-refractivity contribution in [2.45, 2.75) is 62.5 Å². The normalized spacial score (nSPS) is 15.3. The van der Waals surface area contributed by atoms with Gasteiger partial charge in [0.1, 0.15) is 10.3 Å². The summed E-state index contributed by atoms with van der Waals surface area (Å²) in [5.74, 6) is -0.103. The minimum atomic E-state index is -0.564. The Balaban J connectivity index is 1.60. The molecule has 0 saturated heterocycles. The van der Waals surface area contributed by atoms with E-state index in [0.29, 0.717) is 28.6 Å². The Morgan fingerprint density at radius 1 is 1.11 bits per heavy atom. The van der Waals surface area contributed by atoms with Crippen LogP contribution in [0, 0.1) is 5.92 Å². The lowest BCUT2D eigenvalue weighted by Crippen LogP contribution is -2.20. The van der Waals surface area contributed by atoms with Gasteiger partial charge in [-0.15, -0.1) is 23.1 Å². The molecule has 1 aliphatic rings. The lowest BCUT2D eigenvalue weighted by Gasteiger charge is -2.18.